The van der Waals surface area contributed by atoms with E-state index in [1.807, 2.05) is 0 Å². The third-order valence-corrected chi connectivity index (χ3v) is 12.6. The summed E-state index contributed by atoms with van der Waals surface area (Å²) in [6.45, 7) is 6.53. The minimum atomic E-state index is -0.779. The molecule has 0 fully saturated rings. The van der Waals surface area contributed by atoms with Crippen molar-refractivity contribution >= 4 is 17.9 Å². The summed E-state index contributed by atoms with van der Waals surface area (Å²) in [7, 11) is 0. The second kappa shape index (κ2) is 55.0. The van der Waals surface area contributed by atoms with Crippen LogP contribution in [0.3, 0.4) is 0 Å². The van der Waals surface area contributed by atoms with Gasteiger partial charge in [0, 0.05) is 19.3 Å². The minimum Gasteiger partial charge on any atom is -0.462 e. The summed E-state index contributed by atoms with van der Waals surface area (Å²) in [5.74, 6) is -0.885. The van der Waals surface area contributed by atoms with E-state index in [2.05, 4.69) is 69.4 Å². The fraction of sp³-hybridized carbons (Fsp3) is 0.817. The number of unbranched alkanes of at least 4 members (excludes halogenated alkanes) is 33. The van der Waals surface area contributed by atoms with Gasteiger partial charge in [-0.2, -0.15) is 0 Å². The molecule has 1 atom stereocenters. The maximum atomic E-state index is 12.8. The second-order valence-electron chi connectivity index (χ2n) is 19.2. The molecule has 0 amide bonds. The number of carbonyl (C=O) groups is 3. The molecule has 6 nitrogen and oxygen atoms in total. The van der Waals surface area contributed by atoms with E-state index < -0.39 is 6.10 Å². The first-order chi connectivity index (χ1) is 32.5. The van der Waals surface area contributed by atoms with Crippen molar-refractivity contribution in [3.63, 3.8) is 0 Å². The molecule has 0 rings (SSSR count). The molecular formula is C60H108O6. The summed E-state index contributed by atoms with van der Waals surface area (Å²) in [6.07, 6.45) is 66.8. The monoisotopic (exact) mass is 925 g/mol. The lowest BCUT2D eigenvalue weighted by Gasteiger charge is -2.18. The van der Waals surface area contributed by atoms with E-state index in [4.69, 9.17) is 14.2 Å². The molecule has 0 aliphatic carbocycles. The molecule has 0 aromatic heterocycles. The van der Waals surface area contributed by atoms with Crippen LogP contribution < -0.4 is 0 Å². The SMILES string of the molecule is CC/C=C\C/C=C\C/C=C\CCCCCCCC(=O)OC(COC(=O)CCCCCCCCCCCC)COC(=O)CCCCCCCCCCCCC/C=C\CCCCCCCCCC. The fourth-order valence-electron chi connectivity index (χ4n) is 8.28. The number of rotatable bonds is 52. The third-order valence-electron chi connectivity index (χ3n) is 12.6. The smallest absolute Gasteiger partial charge is 0.306 e. The Morgan fingerprint density at radius 3 is 0.939 bits per heavy atom. The normalized spacial score (nSPS) is 12.3. The zero-order valence-electron chi connectivity index (χ0n) is 44.0. The highest BCUT2D eigenvalue weighted by Crippen LogP contribution is 2.16. The molecule has 0 aliphatic rings. The van der Waals surface area contributed by atoms with E-state index in [9.17, 15) is 14.4 Å². The van der Waals surface area contributed by atoms with Gasteiger partial charge >= 0.3 is 17.9 Å². The zero-order valence-corrected chi connectivity index (χ0v) is 44.0. The highest BCUT2D eigenvalue weighted by molar-refractivity contribution is 5.71. The maximum Gasteiger partial charge on any atom is 0.306 e. The average molecular weight is 926 g/mol. The Morgan fingerprint density at radius 2 is 0.591 bits per heavy atom. The zero-order chi connectivity index (χ0) is 47.9. The van der Waals surface area contributed by atoms with E-state index in [1.54, 1.807) is 0 Å². The molecular weight excluding hydrogens is 817 g/mol. The summed E-state index contributed by atoms with van der Waals surface area (Å²) >= 11 is 0. The lowest BCUT2D eigenvalue weighted by molar-refractivity contribution is -0.167. The standard InChI is InChI=1S/C60H108O6/c1-4-7-10-13-16-19-22-24-26-27-28-29-30-31-32-33-35-36-38-41-44-47-50-53-59(62)65-56-57(55-64-58(61)52-49-46-43-40-21-18-15-12-9-6-3)66-60(63)54-51-48-45-42-39-37-34-25-23-20-17-14-11-8-5-2/h8,11,17,20,25,27-28,34,57H,4-7,9-10,12-16,18-19,21-24,26,29-33,35-56H2,1-3H3/b11-8-,20-17-,28-27-,34-25-. The highest BCUT2D eigenvalue weighted by Gasteiger charge is 2.19. The Labute approximate surface area is 409 Å². The predicted molar refractivity (Wildman–Crippen MR) is 284 cm³/mol. The van der Waals surface area contributed by atoms with Crippen molar-refractivity contribution in [3.8, 4) is 0 Å². The number of esters is 3. The Balaban J connectivity index is 4.24. The van der Waals surface area contributed by atoms with Crippen LogP contribution in [0.15, 0.2) is 48.6 Å². The molecule has 66 heavy (non-hydrogen) atoms. The van der Waals surface area contributed by atoms with Crippen LogP contribution in [0, 0.1) is 0 Å². The van der Waals surface area contributed by atoms with Crippen molar-refractivity contribution in [2.24, 2.45) is 0 Å². The second-order valence-corrected chi connectivity index (χ2v) is 19.2. The number of hydrogen-bond donors (Lipinski definition) is 0. The lowest BCUT2D eigenvalue weighted by atomic mass is 10.0. The van der Waals surface area contributed by atoms with Gasteiger partial charge in [-0.3, -0.25) is 14.4 Å². The predicted octanol–water partition coefficient (Wildman–Crippen LogP) is 19.0. The minimum absolute atomic E-state index is 0.0778. The molecule has 0 N–H and O–H groups in total. The van der Waals surface area contributed by atoms with E-state index >= 15 is 0 Å². The van der Waals surface area contributed by atoms with Crippen LogP contribution in [-0.4, -0.2) is 37.2 Å². The van der Waals surface area contributed by atoms with Crippen LogP contribution in [0.2, 0.25) is 0 Å². The lowest BCUT2D eigenvalue weighted by Crippen LogP contribution is -2.30. The first-order valence-electron chi connectivity index (χ1n) is 28.6. The summed E-state index contributed by atoms with van der Waals surface area (Å²) in [5, 5.41) is 0. The Kier molecular flexibility index (Phi) is 52.8. The quantitative estimate of drug-likeness (QED) is 0.0262. The summed E-state index contributed by atoms with van der Waals surface area (Å²) in [5.41, 5.74) is 0. The molecule has 0 spiro atoms. The van der Waals surface area contributed by atoms with Gasteiger partial charge in [0.25, 0.3) is 0 Å². The number of hydrogen-bond acceptors (Lipinski definition) is 6. The van der Waals surface area contributed by atoms with Crippen LogP contribution in [0.25, 0.3) is 0 Å². The molecule has 0 aromatic rings. The van der Waals surface area contributed by atoms with Crippen molar-refractivity contribution in [2.75, 3.05) is 13.2 Å². The van der Waals surface area contributed by atoms with E-state index in [1.165, 1.54) is 161 Å². The topological polar surface area (TPSA) is 78.9 Å². The van der Waals surface area contributed by atoms with Gasteiger partial charge in [-0.25, -0.2) is 0 Å². The van der Waals surface area contributed by atoms with E-state index in [0.717, 1.165) is 96.3 Å². The molecule has 0 aliphatic heterocycles. The van der Waals surface area contributed by atoms with Crippen molar-refractivity contribution in [1.82, 2.24) is 0 Å². The van der Waals surface area contributed by atoms with E-state index in [-0.39, 0.29) is 31.1 Å². The van der Waals surface area contributed by atoms with Gasteiger partial charge in [0.1, 0.15) is 13.2 Å². The Morgan fingerprint density at radius 1 is 0.318 bits per heavy atom. The molecule has 0 heterocycles. The van der Waals surface area contributed by atoms with Crippen molar-refractivity contribution < 1.29 is 28.6 Å². The molecule has 0 saturated carbocycles. The highest BCUT2D eigenvalue weighted by atomic mass is 16.6. The molecule has 0 bridgehead atoms. The third kappa shape index (κ3) is 52.3. The first-order valence-corrected chi connectivity index (χ1v) is 28.6. The van der Waals surface area contributed by atoms with Gasteiger partial charge in [-0.15, -0.1) is 0 Å². The molecule has 0 saturated heterocycles. The van der Waals surface area contributed by atoms with Crippen LogP contribution in [-0.2, 0) is 28.6 Å². The number of ether oxygens (including phenoxy) is 3. The van der Waals surface area contributed by atoms with Gasteiger partial charge < -0.3 is 14.2 Å². The largest absolute Gasteiger partial charge is 0.462 e. The molecule has 1 unspecified atom stereocenters. The average Bonchev–Trinajstić information content (AvgIpc) is 3.31. The van der Waals surface area contributed by atoms with Crippen LogP contribution >= 0.6 is 0 Å². The van der Waals surface area contributed by atoms with Gasteiger partial charge in [0.2, 0.25) is 0 Å². The Hall–Kier alpha value is -2.63. The van der Waals surface area contributed by atoms with Gasteiger partial charge in [-0.05, 0) is 77.0 Å². The van der Waals surface area contributed by atoms with Crippen molar-refractivity contribution in [1.29, 1.82) is 0 Å². The summed E-state index contributed by atoms with van der Waals surface area (Å²) in [4.78, 5) is 38.0. The van der Waals surface area contributed by atoms with Crippen LogP contribution in [0.1, 0.15) is 297 Å². The molecule has 0 radical (unpaired) electrons. The van der Waals surface area contributed by atoms with Crippen molar-refractivity contribution in [2.45, 2.75) is 303 Å². The summed E-state index contributed by atoms with van der Waals surface area (Å²) < 4.78 is 16.8. The van der Waals surface area contributed by atoms with Gasteiger partial charge in [-0.1, -0.05) is 249 Å². The fourth-order valence-corrected chi connectivity index (χ4v) is 8.28. The Bertz CT molecular complexity index is 1150. The molecule has 0 aromatic carbocycles. The van der Waals surface area contributed by atoms with Crippen LogP contribution in [0.4, 0.5) is 0 Å². The molecule has 384 valence electrons. The molecule has 6 heteroatoms. The van der Waals surface area contributed by atoms with Gasteiger partial charge in [0.15, 0.2) is 6.10 Å². The maximum absolute atomic E-state index is 12.8. The van der Waals surface area contributed by atoms with Crippen LogP contribution in [0.5, 0.6) is 0 Å². The number of allylic oxidation sites excluding steroid dienone is 8. The van der Waals surface area contributed by atoms with Crippen molar-refractivity contribution in [3.05, 3.63) is 48.6 Å². The number of carbonyl (C=O) groups excluding carboxylic acids is 3. The first kappa shape index (κ1) is 63.4. The van der Waals surface area contributed by atoms with E-state index in [0.29, 0.717) is 19.3 Å². The van der Waals surface area contributed by atoms with Gasteiger partial charge in [0.05, 0.1) is 0 Å². The summed E-state index contributed by atoms with van der Waals surface area (Å²) in [6, 6.07) is 0.